The van der Waals surface area contributed by atoms with Gasteiger partial charge in [0, 0.05) is 21.6 Å². The molecule has 0 radical (unpaired) electrons. The SMILES string of the molecule is CCCC(C(=O)OCC)c1ccc(C#Cc2cc3c(cc2SCC)OCCC3(C)C)cc1. The van der Waals surface area contributed by atoms with Crippen molar-refractivity contribution in [2.75, 3.05) is 19.0 Å². The van der Waals surface area contributed by atoms with Gasteiger partial charge in [-0.2, -0.15) is 0 Å². The first-order chi connectivity index (χ1) is 15.4. The number of fused-ring (bicyclic) bond motifs is 1. The highest BCUT2D eigenvalue weighted by Gasteiger charge is 2.29. The summed E-state index contributed by atoms with van der Waals surface area (Å²) in [5.74, 6) is 8.35. The Hall–Kier alpha value is -2.38. The first-order valence-electron chi connectivity index (χ1n) is 11.6. The Morgan fingerprint density at radius 3 is 2.56 bits per heavy atom. The second-order valence-electron chi connectivity index (χ2n) is 8.73. The van der Waals surface area contributed by atoms with E-state index in [2.05, 4.69) is 51.7 Å². The van der Waals surface area contributed by atoms with Gasteiger partial charge in [0.25, 0.3) is 0 Å². The Morgan fingerprint density at radius 2 is 1.91 bits per heavy atom. The lowest BCUT2D eigenvalue weighted by Gasteiger charge is -2.33. The van der Waals surface area contributed by atoms with Gasteiger partial charge in [-0.15, -0.1) is 11.8 Å². The minimum Gasteiger partial charge on any atom is -0.493 e. The summed E-state index contributed by atoms with van der Waals surface area (Å²) < 4.78 is 11.2. The molecule has 3 nitrogen and oxygen atoms in total. The normalized spacial score (nSPS) is 15.0. The highest BCUT2D eigenvalue weighted by atomic mass is 32.2. The molecule has 1 unspecified atom stereocenters. The molecule has 0 amide bonds. The molecule has 1 heterocycles. The van der Waals surface area contributed by atoms with E-state index in [4.69, 9.17) is 9.47 Å². The van der Waals surface area contributed by atoms with Gasteiger partial charge in [-0.25, -0.2) is 0 Å². The third-order valence-electron chi connectivity index (χ3n) is 5.90. The Bertz CT molecular complexity index is 996. The molecule has 2 aromatic carbocycles. The van der Waals surface area contributed by atoms with Crippen LogP contribution >= 0.6 is 11.8 Å². The third-order valence-corrected chi connectivity index (χ3v) is 6.84. The molecule has 0 fully saturated rings. The Kier molecular flexibility index (Phi) is 8.32. The molecule has 0 aliphatic carbocycles. The first kappa shape index (κ1) is 24.3. The van der Waals surface area contributed by atoms with E-state index >= 15 is 0 Å². The minimum atomic E-state index is -0.211. The van der Waals surface area contributed by atoms with Crippen LogP contribution in [0.5, 0.6) is 5.75 Å². The second-order valence-corrected chi connectivity index (χ2v) is 10.0. The first-order valence-corrected chi connectivity index (χ1v) is 12.6. The lowest BCUT2D eigenvalue weighted by Crippen LogP contribution is -2.26. The number of carbonyl (C=O) groups is 1. The van der Waals surface area contributed by atoms with Crippen LogP contribution in [-0.4, -0.2) is 24.9 Å². The van der Waals surface area contributed by atoms with Crippen molar-refractivity contribution in [3.63, 3.8) is 0 Å². The standard InChI is InChI=1S/C28H34O3S/c1-6-9-23(27(29)30-7-2)21-13-10-20(11-14-21)12-15-22-18-24-25(19-26(22)32-8-3)31-17-16-28(24,4)5/h10-11,13-14,18-19,23H,6-9,16-17H2,1-5H3. The summed E-state index contributed by atoms with van der Waals surface area (Å²) in [5, 5.41) is 0. The van der Waals surface area contributed by atoms with E-state index in [-0.39, 0.29) is 17.3 Å². The van der Waals surface area contributed by atoms with Crippen molar-refractivity contribution < 1.29 is 14.3 Å². The molecule has 32 heavy (non-hydrogen) atoms. The molecule has 0 bridgehead atoms. The van der Waals surface area contributed by atoms with Crippen molar-refractivity contribution in [1.29, 1.82) is 0 Å². The fraction of sp³-hybridized carbons (Fsp3) is 0.464. The zero-order valence-electron chi connectivity index (χ0n) is 19.9. The minimum absolute atomic E-state index is 0.0858. The Morgan fingerprint density at radius 1 is 1.16 bits per heavy atom. The number of esters is 1. The summed E-state index contributed by atoms with van der Waals surface area (Å²) >= 11 is 1.80. The van der Waals surface area contributed by atoms with E-state index < -0.39 is 0 Å². The van der Waals surface area contributed by atoms with Gasteiger partial charge in [0.05, 0.1) is 19.1 Å². The fourth-order valence-electron chi connectivity index (χ4n) is 4.02. The van der Waals surface area contributed by atoms with Crippen LogP contribution in [0.15, 0.2) is 41.3 Å². The summed E-state index contributed by atoms with van der Waals surface area (Å²) in [6, 6.07) is 12.4. The summed E-state index contributed by atoms with van der Waals surface area (Å²) in [6.07, 6.45) is 2.73. The van der Waals surface area contributed by atoms with Gasteiger partial charge >= 0.3 is 5.97 Å². The smallest absolute Gasteiger partial charge is 0.313 e. The molecule has 1 aliphatic rings. The zero-order valence-corrected chi connectivity index (χ0v) is 20.7. The highest BCUT2D eigenvalue weighted by molar-refractivity contribution is 7.99. The van der Waals surface area contributed by atoms with E-state index in [9.17, 15) is 4.79 Å². The van der Waals surface area contributed by atoms with E-state index in [1.54, 1.807) is 11.8 Å². The maximum Gasteiger partial charge on any atom is 0.313 e. The van der Waals surface area contributed by atoms with Crippen molar-refractivity contribution in [2.45, 2.75) is 70.1 Å². The van der Waals surface area contributed by atoms with Crippen LogP contribution in [0.25, 0.3) is 0 Å². The quantitative estimate of drug-likeness (QED) is 0.267. The van der Waals surface area contributed by atoms with Crippen molar-refractivity contribution in [3.05, 3.63) is 58.7 Å². The van der Waals surface area contributed by atoms with Gasteiger partial charge in [0.1, 0.15) is 5.75 Å². The van der Waals surface area contributed by atoms with Crippen LogP contribution in [-0.2, 0) is 14.9 Å². The van der Waals surface area contributed by atoms with Gasteiger partial charge in [0.15, 0.2) is 0 Å². The lowest BCUT2D eigenvalue weighted by molar-refractivity contribution is -0.145. The lowest BCUT2D eigenvalue weighted by atomic mass is 9.79. The fourth-order valence-corrected chi connectivity index (χ4v) is 4.79. The maximum atomic E-state index is 12.3. The average molecular weight is 451 g/mol. The molecular formula is C28H34O3S. The number of ether oxygens (including phenoxy) is 2. The molecule has 0 saturated carbocycles. The van der Waals surface area contributed by atoms with Crippen LogP contribution < -0.4 is 4.74 Å². The summed E-state index contributed by atoms with van der Waals surface area (Å²) in [7, 11) is 0. The third kappa shape index (κ3) is 5.70. The van der Waals surface area contributed by atoms with Gasteiger partial charge < -0.3 is 9.47 Å². The summed E-state index contributed by atoms with van der Waals surface area (Å²) in [4.78, 5) is 13.5. The number of hydrogen-bond donors (Lipinski definition) is 0. The van der Waals surface area contributed by atoms with Gasteiger partial charge in [-0.3, -0.25) is 4.79 Å². The number of rotatable bonds is 7. The van der Waals surface area contributed by atoms with E-state index in [1.165, 1.54) is 10.5 Å². The van der Waals surface area contributed by atoms with E-state index in [1.807, 2.05) is 31.2 Å². The van der Waals surface area contributed by atoms with Crippen LogP contribution in [0.1, 0.15) is 82.1 Å². The molecular weight excluding hydrogens is 416 g/mol. The molecule has 170 valence electrons. The van der Waals surface area contributed by atoms with Crippen molar-refractivity contribution in [1.82, 2.24) is 0 Å². The molecule has 0 aromatic heterocycles. The largest absolute Gasteiger partial charge is 0.493 e. The van der Waals surface area contributed by atoms with Crippen LogP contribution in [0.4, 0.5) is 0 Å². The van der Waals surface area contributed by atoms with Crippen LogP contribution in [0.3, 0.4) is 0 Å². The summed E-state index contributed by atoms with van der Waals surface area (Å²) in [5.41, 5.74) is 4.30. The van der Waals surface area contributed by atoms with Gasteiger partial charge in [-0.1, -0.05) is 58.1 Å². The number of benzene rings is 2. The molecule has 2 aromatic rings. The van der Waals surface area contributed by atoms with Crippen molar-refractivity contribution in [2.24, 2.45) is 0 Å². The van der Waals surface area contributed by atoms with Gasteiger partial charge in [-0.05, 0) is 60.8 Å². The zero-order chi connectivity index (χ0) is 23.1. The van der Waals surface area contributed by atoms with E-state index in [0.717, 1.165) is 54.1 Å². The Labute approximate surface area is 197 Å². The van der Waals surface area contributed by atoms with Crippen LogP contribution in [0, 0.1) is 11.8 Å². The molecule has 0 spiro atoms. The molecule has 4 heteroatoms. The van der Waals surface area contributed by atoms with E-state index in [0.29, 0.717) is 6.61 Å². The molecule has 1 atom stereocenters. The van der Waals surface area contributed by atoms with Crippen molar-refractivity contribution in [3.8, 4) is 17.6 Å². The predicted octanol–water partition coefficient (Wildman–Crippen LogP) is 6.71. The molecule has 3 rings (SSSR count). The monoisotopic (exact) mass is 450 g/mol. The predicted molar refractivity (Wildman–Crippen MR) is 133 cm³/mol. The molecule has 1 aliphatic heterocycles. The number of carbonyl (C=O) groups excluding carboxylic acids is 1. The number of hydrogen-bond acceptors (Lipinski definition) is 4. The number of thioether (sulfide) groups is 1. The Balaban J connectivity index is 1.89. The van der Waals surface area contributed by atoms with Crippen molar-refractivity contribution >= 4 is 17.7 Å². The van der Waals surface area contributed by atoms with Gasteiger partial charge in [0.2, 0.25) is 0 Å². The second kappa shape index (κ2) is 11.0. The highest BCUT2D eigenvalue weighted by Crippen LogP contribution is 2.41. The summed E-state index contributed by atoms with van der Waals surface area (Å²) in [6.45, 7) is 11.8. The average Bonchev–Trinajstić information content (AvgIpc) is 2.77. The topological polar surface area (TPSA) is 35.5 Å². The van der Waals surface area contributed by atoms with Crippen LogP contribution in [0.2, 0.25) is 0 Å². The maximum absolute atomic E-state index is 12.3. The molecule has 0 N–H and O–H groups in total. The molecule has 0 saturated heterocycles.